The number of carboxylic acids is 1. The highest BCUT2D eigenvalue weighted by atomic mass is 16.4. The second kappa shape index (κ2) is 7.50. The average molecular weight is 291 g/mol. The van der Waals surface area contributed by atoms with E-state index in [-0.39, 0.29) is 12.0 Å². The van der Waals surface area contributed by atoms with Gasteiger partial charge in [0.25, 0.3) is 0 Å². The highest BCUT2D eigenvalue weighted by Gasteiger charge is 2.07. The van der Waals surface area contributed by atoms with E-state index < -0.39 is 5.97 Å². The number of hydrogen-bond donors (Lipinski definition) is 1. The molecule has 0 heterocycles. The van der Waals surface area contributed by atoms with Crippen molar-refractivity contribution in [3.8, 4) is 6.07 Å². The van der Waals surface area contributed by atoms with Gasteiger partial charge < -0.3 is 5.11 Å². The van der Waals surface area contributed by atoms with E-state index in [2.05, 4.69) is 10.2 Å². The van der Waals surface area contributed by atoms with Crippen molar-refractivity contribution in [1.82, 2.24) is 0 Å². The minimum Gasteiger partial charge on any atom is -0.478 e. The van der Waals surface area contributed by atoms with Crippen molar-refractivity contribution in [1.29, 1.82) is 5.26 Å². The Morgan fingerprint density at radius 1 is 1.14 bits per heavy atom. The number of benzene rings is 2. The lowest BCUT2D eigenvalue weighted by molar-refractivity contribution is -0.132. The molecule has 2 aromatic rings. The van der Waals surface area contributed by atoms with E-state index in [9.17, 15) is 9.90 Å². The first-order valence-corrected chi connectivity index (χ1v) is 6.56. The molecular weight excluding hydrogens is 278 g/mol. The van der Waals surface area contributed by atoms with Gasteiger partial charge >= 0.3 is 5.97 Å². The van der Waals surface area contributed by atoms with Gasteiger partial charge in [-0.1, -0.05) is 30.3 Å². The van der Waals surface area contributed by atoms with Crippen LogP contribution in [0, 0.1) is 11.3 Å². The van der Waals surface area contributed by atoms with Crippen LogP contribution in [-0.4, -0.2) is 11.1 Å². The zero-order valence-electron chi connectivity index (χ0n) is 11.7. The third-order valence-corrected chi connectivity index (χ3v) is 2.90. The molecule has 0 unspecified atom stereocenters. The van der Waals surface area contributed by atoms with Crippen molar-refractivity contribution in [2.75, 3.05) is 0 Å². The molecule has 2 rings (SSSR count). The SMILES string of the molecule is N#Cc1ccc(N=NC=C(Cc2ccccc2)C(=O)O)cc1. The molecule has 0 aliphatic heterocycles. The molecule has 0 aromatic heterocycles. The van der Waals surface area contributed by atoms with Crippen LogP contribution in [0.2, 0.25) is 0 Å². The van der Waals surface area contributed by atoms with E-state index in [4.69, 9.17) is 5.26 Å². The smallest absolute Gasteiger partial charge is 0.333 e. The van der Waals surface area contributed by atoms with Crippen LogP contribution in [-0.2, 0) is 11.2 Å². The molecule has 0 atom stereocenters. The molecule has 0 aliphatic rings. The van der Waals surface area contributed by atoms with Gasteiger partial charge in [-0.3, -0.25) is 0 Å². The van der Waals surface area contributed by atoms with E-state index in [0.717, 1.165) is 5.56 Å². The minimum atomic E-state index is -1.03. The fourth-order valence-electron chi connectivity index (χ4n) is 1.76. The molecule has 0 radical (unpaired) electrons. The Kier molecular flexibility index (Phi) is 5.16. The lowest BCUT2D eigenvalue weighted by Crippen LogP contribution is -2.03. The quantitative estimate of drug-likeness (QED) is 0.670. The lowest BCUT2D eigenvalue weighted by Gasteiger charge is -2.00. The fourth-order valence-corrected chi connectivity index (χ4v) is 1.76. The van der Waals surface area contributed by atoms with Crippen LogP contribution in [0.5, 0.6) is 0 Å². The summed E-state index contributed by atoms with van der Waals surface area (Å²) < 4.78 is 0. The summed E-state index contributed by atoms with van der Waals surface area (Å²) >= 11 is 0. The Bertz CT molecular complexity index is 742. The predicted octanol–water partition coefficient (Wildman–Crippen LogP) is 3.85. The molecule has 0 saturated heterocycles. The third-order valence-electron chi connectivity index (χ3n) is 2.90. The summed E-state index contributed by atoms with van der Waals surface area (Å²) in [4.78, 5) is 11.2. The molecule has 0 fully saturated rings. The topological polar surface area (TPSA) is 85.8 Å². The monoisotopic (exact) mass is 291 g/mol. The highest BCUT2D eigenvalue weighted by molar-refractivity contribution is 5.87. The Labute approximate surface area is 127 Å². The molecule has 5 nitrogen and oxygen atoms in total. The molecule has 1 N–H and O–H groups in total. The largest absolute Gasteiger partial charge is 0.478 e. The number of azo groups is 1. The van der Waals surface area contributed by atoms with Crippen molar-refractivity contribution < 1.29 is 9.90 Å². The number of aliphatic carboxylic acids is 1. The number of carboxylic acid groups (broad SMARTS) is 1. The van der Waals surface area contributed by atoms with E-state index in [1.54, 1.807) is 24.3 Å². The molecule has 0 aliphatic carbocycles. The maximum absolute atomic E-state index is 11.2. The molecule has 22 heavy (non-hydrogen) atoms. The zero-order valence-corrected chi connectivity index (χ0v) is 11.7. The van der Waals surface area contributed by atoms with Gasteiger partial charge in [0.15, 0.2) is 0 Å². The van der Waals surface area contributed by atoms with Crippen LogP contribution in [0.3, 0.4) is 0 Å². The maximum atomic E-state index is 11.2. The molecule has 0 bridgehead atoms. The standard InChI is InChI=1S/C17H13N3O2/c18-11-14-6-8-16(9-7-14)20-19-12-15(17(21)22)10-13-4-2-1-3-5-13/h1-9,12H,10H2,(H,21,22). The second-order valence-corrected chi connectivity index (χ2v) is 4.50. The van der Waals surface area contributed by atoms with E-state index in [1.165, 1.54) is 6.20 Å². The van der Waals surface area contributed by atoms with Crippen LogP contribution < -0.4 is 0 Å². The molecule has 0 amide bonds. The van der Waals surface area contributed by atoms with Gasteiger partial charge in [0, 0.05) is 6.42 Å². The van der Waals surface area contributed by atoms with E-state index in [0.29, 0.717) is 11.3 Å². The summed E-state index contributed by atoms with van der Waals surface area (Å²) in [6, 6.07) is 17.8. The highest BCUT2D eigenvalue weighted by Crippen LogP contribution is 2.14. The van der Waals surface area contributed by atoms with Crippen LogP contribution in [0.1, 0.15) is 11.1 Å². The van der Waals surface area contributed by atoms with Crippen molar-refractivity contribution in [2.24, 2.45) is 10.2 Å². The van der Waals surface area contributed by atoms with Gasteiger partial charge in [-0.25, -0.2) is 4.79 Å². The Balaban J connectivity index is 2.11. The molecule has 108 valence electrons. The number of hydrogen-bond acceptors (Lipinski definition) is 4. The number of nitriles is 1. The Hall–Kier alpha value is -3.26. The molecule has 2 aromatic carbocycles. The Morgan fingerprint density at radius 2 is 1.82 bits per heavy atom. The van der Waals surface area contributed by atoms with Gasteiger partial charge in [-0.15, -0.1) is 0 Å². The maximum Gasteiger partial charge on any atom is 0.333 e. The summed E-state index contributed by atoms with van der Waals surface area (Å²) in [5, 5.41) is 25.6. The molecule has 5 heteroatoms. The zero-order chi connectivity index (χ0) is 15.8. The summed E-state index contributed by atoms with van der Waals surface area (Å²) in [6.45, 7) is 0. The first kappa shape index (κ1) is 15.1. The summed E-state index contributed by atoms with van der Waals surface area (Å²) in [5.74, 6) is -1.03. The van der Waals surface area contributed by atoms with Crippen LogP contribution in [0.4, 0.5) is 5.69 Å². The second-order valence-electron chi connectivity index (χ2n) is 4.50. The van der Waals surface area contributed by atoms with Crippen molar-refractivity contribution in [2.45, 2.75) is 6.42 Å². The van der Waals surface area contributed by atoms with Crippen molar-refractivity contribution in [3.63, 3.8) is 0 Å². The van der Waals surface area contributed by atoms with Crippen molar-refractivity contribution >= 4 is 11.7 Å². The Morgan fingerprint density at radius 3 is 2.41 bits per heavy atom. The van der Waals surface area contributed by atoms with Crippen LogP contribution in [0.15, 0.2) is 76.6 Å². The first-order valence-electron chi connectivity index (χ1n) is 6.56. The third kappa shape index (κ3) is 4.39. The molecule has 0 spiro atoms. The number of carbonyl (C=O) groups is 1. The van der Waals surface area contributed by atoms with Gasteiger partial charge in [-0.2, -0.15) is 15.5 Å². The molecular formula is C17H13N3O2. The van der Waals surface area contributed by atoms with Crippen LogP contribution in [0.25, 0.3) is 0 Å². The van der Waals surface area contributed by atoms with Crippen LogP contribution >= 0.6 is 0 Å². The number of rotatable bonds is 5. The minimum absolute atomic E-state index is 0.156. The summed E-state index contributed by atoms with van der Waals surface area (Å²) in [6.07, 6.45) is 1.52. The van der Waals surface area contributed by atoms with Gasteiger partial charge in [0.1, 0.15) is 0 Å². The van der Waals surface area contributed by atoms with E-state index >= 15 is 0 Å². The summed E-state index contributed by atoms with van der Waals surface area (Å²) in [5.41, 5.74) is 2.14. The van der Waals surface area contributed by atoms with Gasteiger partial charge in [-0.05, 0) is 29.8 Å². The number of nitrogens with zero attached hydrogens (tertiary/aromatic N) is 3. The summed E-state index contributed by atoms with van der Waals surface area (Å²) in [7, 11) is 0. The lowest BCUT2D eigenvalue weighted by atomic mass is 10.1. The van der Waals surface area contributed by atoms with Crippen molar-refractivity contribution in [3.05, 3.63) is 77.5 Å². The van der Waals surface area contributed by atoms with Gasteiger partial charge in [0.2, 0.25) is 0 Å². The fraction of sp³-hybridized carbons (Fsp3) is 0.0588. The average Bonchev–Trinajstić information content (AvgIpc) is 2.55. The normalized spacial score (nSPS) is 11.3. The molecule has 0 saturated carbocycles. The predicted molar refractivity (Wildman–Crippen MR) is 81.5 cm³/mol. The van der Waals surface area contributed by atoms with Gasteiger partial charge in [0.05, 0.1) is 29.1 Å². The van der Waals surface area contributed by atoms with E-state index in [1.807, 2.05) is 36.4 Å². The first-order chi connectivity index (χ1) is 10.7.